The molecule has 0 aliphatic carbocycles. The van der Waals surface area contributed by atoms with Crippen molar-refractivity contribution in [2.75, 3.05) is 7.11 Å². The highest BCUT2D eigenvalue weighted by Crippen LogP contribution is 2.43. The molecule has 1 N–H and O–H groups in total. The molecule has 0 aliphatic rings. The number of carbonyl (C=O) groups excluding carboxylic acids is 1. The van der Waals surface area contributed by atoms with E-state index in [0.29, 0.717) is 5.75 Å². The van der Waals surface area contributed by atoms with E-state index in [1.54, 1.807) is 0 Å². The van der Waals surface area contributed by atoms with Crippen LogP contribution in [0, 0.1) is 0 Å². The van der Waals surface area contributed by atoms with Crippen molar-refractivity contribution < 1.29 is 28.0 Å². The molecule has 1 atom stereocenters. The average Bonchev–Trinajstić information content (AvgIpc) is 2.18. The van der Waals surface area contributed by atoms with E-state index in [-0.39, 0.29) is 12.2 Å². The van der Waals surface area contributed by atoms with Crippen molar-refractivity contribution in [1.29, 1.82) is 0 Å². The monoisotopic (exact) mass is 232 g/mol. The van der Waals surface area contributed by atoms with Gasteiger partial charge in [-0.3, -0.25) is 9.69 Å². The van der Waals surface area contributed by atoms with E-state index in [9.17, 15) is 9.36 Å². The molecule has 82 valence electrons. The van der Waals surface area contributed by atoms with Crippen molar-refractivity contribution in [3.05, 3.63) is 24.3 Å². The van der Waals surface area contributed by atoms with E-state index in [4.69, 9.17) is 9.63 Å². The van der Waals surface area contributed by atoms with E-state index in [2.05, 4.69) is 9.05 Å². The third kappa shape index (κ3) is 3.61. The highest BCUT2D eigenvalue weighted by molar-refractivity contribution is 7.48. The van der Waals surface area contributed by atoms with Gasteiger partial charge in [-0.2, -0.15) is 0 Å². The molecule has 1 unspecified atom stereocenters. The zero-order chi connectivity index (χ0) is 11.3. The van der Waals surface area contributed by atoms with Gasteiger partial charge in [0.1, 0.15) is 11.5 Å². The van der Waals surface area contributed by atoms with Gasteiger partial charge >= 0.3 is 14.3 Å². The van der Waals surface area contributed by atoms with Gasteiger partial charge in [-0.05, 0) is 24.3 Å². The minimum absolute atomic E-state index is 0.100. The molecule has 0 aromatic heterocycles. The van der Waals surface area contributed by atoms with Gasteiger partial charge in [0.15, 0.2) is 0 Å². The summed E-state index contributed by atoms with van der Waals surface area (Å²) in [5, 5.41) is 0. The number of hydrogen-bond acceptors (Lipinski definition) is 5. The van der Waals surface area contributed by atoms with Crippen LogP contribution in [0.1, 0.15) is 0 Å². The predicted octanol–water partition coefficient (Wildman–Crippen LogP) is 1.35. The predicted molar refractivity (Wildman–Crippen MR) is 50.6 cm³/mol. The number of rotatable bonds is 5. The first-order chi connectivity index (χ1) is 7.07. The van der Waals surface area contributed by atoms with Crippen molar-refractivity contribution in [2.45, 2.75) is 0 Å². The molecule has 0 saturated carbocycles. The summed E-state index contributed by atoms with van der Waals surface area (Å²) in [4.78, 5) is 18.8. The fourth-order valence-electron chi connectivity index (χ4n) is 0.846. The lowest BCUT2D eigenvalue weighted by Gasteiger charge is -2.09. The summed E-state index contributed by atoms with van der Waals surface area (Å²) in [6.07, 6.45) is 0. The highest BCUT2D eigenvalue weighted by atomic mass is 31.2. The van der Waals surface area contributed by atoms with Crippen LogP contribution in [0.15, 0.2) is 24.3 Å². The summed E-state index contributed by atoms with van der Waals surface area (Å²) in [7, 11) is -2.86. The number of benzene rings is 1. The molecular weight excluding hydrogens is 223 g/mol. The standard InChI is InChI=1S/C8H9O6P/c1-12-7-2-4-8(5-3-7)14-15(10,11)13-6-9/h2-6H,1H3,(H,10,11). The van der Waals surface area contributed by atoms with Gasteiger partial charge in [-0.25, -0.2) is 4.57 Å². The molecule has 1 aromatic rings. The Kier molecular flexibility index (Phi) is 3.71. The maximum Gasteiger partial charge on any atom is 0.586 e. The maximum absolute atomic E-state index is 11.0. The van der Waals surface area contributed by atoms with Crippen LogP contribution >= 0.6 is 7.82 Å². The molecule has 0 bridgehead atoms. The topological polar surface area (TPSA) is 82.1 Å². The van der Waals surface area contributed by atoms with Crippen LogP contribution in [0.5, 0.6) is 11.5 Å². The van der Waals surface area contributed by atoms with Crippen LogP contribution < -0.4 is 9.26 Å². The molecule has 7 heteroatoms. The fraction of sp³-hybridized carbons (Fsp3) is 0.125. The molecule has 0 aliphatic heterocycles. The molecule has 0 amide bonds. The number of methoxy groups -OCH3 is 1. The molecule has 0 heterocycles. The Morgan fingerprint density at radius 2 is 1.80 bits per heavy atom. The van der Waals surface area contributed by atoms with Crippen LogP contribution in [0.25, 0.3) is 0 Å². The zero-order valence-electron chi connectivity index (χ0n) is 7.82. The van der Waals surface area contributed by atoms with Crippen LogP contribution in [-0.4, -0.2) is 18.5 Å². The van der Waals surface area contributed by atoms with Gasteiger partial charge in [-0.1, -0.05) is 0 Å². The summed E-state index contributed by atoms with van der Waals surface area (Å²) < 4.78 is 24.3. The summed E-state index contributed by atoms with van der Waals surface area (Å²) in [6.45, 7) is -0.149. The second-order valence-corrected chi connectivity index (χ2v) is 3.77. The lowest BCUT2D eigenvalue weighted by atomic mass is 10.3. The number of hydrogen-bond donors (Lipinski definition) is 1. The van der Waals surface area contributed by atoms with Crippen LogP contribution in [0.4, 0.5) is 0 Å². The van der Waals surface area contributed by atoms with Gasteiger partial charge in [0.25, 0.3) is 0 Å². The smallest absolute Gasteiger partial charge is 0.497 e. The summed E-state index contributed by atoms with van der Waals surface area (Å²) in [6, 6.07) is 5.90. The Morgan fingerprint density at radius 3 is 2.27 bits per heavy atom. The normalized spacial score (nSPS) is 13.7. The second kappa shape index (κ2) is 4.82. The van der Waals surface area contributed by atoms with Crippen molar-refractivity contribution in [1.82, 2.24) is 0 Å². The molecule has 0 radical (unpaired) electrons. The zero-order valence-corrected chi connectivity index (χ0v) is 8.72. The lowest BCUT2D eigenvalue weighted by Crippen LogP contribution is -1.95. The maximum atomic E-state index is 11.0. The first-order valence-corrected chi connectivity index (χ1v) is 5.35. The minimum atomic E-state index is -4.35. The highest BCUT2D eigenvalue weighted by Gasteiger charge is 2.23. The quantitative estimate of drug-likeness (QED) is 0.609. The largest absolute Gasteiger partial charge is 0.586 e. The molecule has 0 saturated heterocycles. The summed E-state index contributed by atoms with van der Waals surface area (Å²) in [5.41, 5.74) is 0. The van der Waals surface area contributed by atoms with Crippen molar-refractivity contribution in [2.24, 2.45) is 0 Å². The SMILES string of the molecule is COc1ccc(OP(=O)(O)OC=O)cc1. The van der Waals surface area contributed by atoms with E-state index < -0.39 is 7.82 Å². The van der Waals surface area contributed by atoms with Crippen molar-refractivity contribution in [3.63, 3.8) is 0 Å². The summed E-state index contributed by atoms with van der Waals surface area (Å²) >= 11 is 0. The Labute approximate surface area is 86.0 Å². The van der Waals surface area contributed by atoms with Crippen LogP contribution in [0.2, 0.25) is 0 Å². The second-order valence-electron chi connectivity index (χ2n) is 2.44. The van der Waals surface area contributed by atoms with Crippen LogP contribution in [-0.2, 0) is 13.9 Å². The number of carbonyl (C=O) groups is 1. The fourth-order valence-corrected chi connectivity index (χ4v) is 1.39. The Balaban J connectivity index is 2.72. The van der Waals surface area contributed by atoms with Crippen molar-refractivity contribution >= 4 is 14.3 Å². The molecule has 1 rings (SSSR count). The first-order valence-electron chi connectivity index (χ1n) is 3.86. The van der Waals surface area contributed by atoms with Crippen LogP contribution in [0.3, 0.4) is 0 Å². The van der Waals surface area contributed by atoms with Gasteiger partial charge in [-0.15, -0.1) is 0 Å². The Morgan fingerprint density at radius 1 is 1.27 bits per heavy atom. The van der Waals surface area contributed by atoms with Gasteiger partial charge in [0.2, 0.25) is 0 Å². The van der Waals surface area contributed by atoms with E-state index in [0.717, 1.165) is 0 Å². The molecule has 15 heavy (non-hydrogen) atoms. The van der Waals surface area contributed by atoms with Gasteiger partial charge in [0.05, 0.1) is 7.11 Å². The molecular formula is C8H9O6P. The number of phosphoric ester groups is 1. The third-order valence-electron chi connectivity index (χ3n) is 1.46. The molecule has 0 fully saturated rings. The Bertz CT molecular complexity index is 373. The Hall–Kier alpha value is -1.52. The minimum Gasteiger partial charge on any atom is -0.497 e. The number of ether oxygens (including phenoxy) is 1. The number of phosphoric acid groups is 1. The van der Waals surface area contributed by atoms with E-state index in [1.165, 1.54) is 31.4 Å². The van der Waals surface area contributed by atoms with E-state index >= 15 is 0 Å². The molecule has 0 spiro atoms. The van der Waals surface area contributed by atoms with Gasteiger partial charge < -0.3 is 13.8 Å². The van der Waals surface area contributed by atoms with E-state index in [1.807, 2.05) is 0 Å². The van der Waals surface area contributed by atoms with Crippen molar-refractivity contribution in [3.8, 4) is 11.5 Å². The molecule has 1 aromatic carbocycles. The average molecular weight is 232 g/mol. The first kappa shape index (κ1) is 11.6. The van der Waals surface area contributed by atoms with Gasteiger partial charge in [0, 0.05) is 0 Å². The third-order valence-corrected chi connectivity index (χ3v) is 2.25. The summed E-state index contributed by atoms with van der Waals surface area (Å²) in [5.74, 6) is 0.676. The molecule has 6 nitrogen and oxygen atoms in total. The lowest BCUT2D eigenvalue weighted by molar-refractivity contribution is -0.121.